The highest BCUT2D eigenvalue weighted by molar-refractivity contribution is 6.30. The van der Waals surface area contributed by atoms with E-state index in [-0.39, 0.29) is 0 Å². The lowest BCUT2D eigenvalue weighted by Crippen LogP contribution is -2.08. The van der Waals surface area contributed by atoms with Gasteiger partial charge in [0.25, 0.3) is 0 Å². The minimum Gasteiger partial charge on any atom is -0.383 e. The van der Waals surface area contributed by atoms with Crippen molar-refractivity contribution >= 4 is 17.3 Å². The topological polar surface area (TPSA) is 29.9 Å². The molecular formula is C11H12ClN3. The summed E-state index contributed by atoms with van der Waals surface area (Å²) in [5, 5.41) is 4.06. The van der Waals surface area contributed by atoms with Crippen molar-refractivity contribution in [2.24, 2.45) is 0 Å². The molecule has 0 fully saturated rings. The first-order valence-corrected chi connectivity index (χ1v) is 5.17. The van der Waals surface area contributed by atoms with Crippen molar-refractivity contribution in [3.63, 3.8) is 0 Å². The van der Waals surface area contributed by atoms with E-state index in [1.165, 1.54) is 0 Å². The van der Waals surface area contributed by atoms with Crippen LogP contribution in [0.4, 0.5) is 5.69 Å². The first-order chi connectivity index (χ1) is 7.34. The second kappa shape index (κ2) is 4.84. The zero-order valence-electron chi connectivity index (χ0n) is 8.23. The molecule has 1 aromatic heterocycles. The van der Waals surface area contributed by atoms with E-state index in [1.54, 1.807) is 6.20 Å². The summed E-state index contributed by atoms with van der Waals surface area (Å²) in [7, 11) is 0. The largest absolute Gasteiger partial charge is 0.383 e. The Hall–Kier alpha value is -1.48. The average Bonchev–Trinajstić information content (AvgIpc) is 2.74. The van der Waals surface area contributed by atoms with E-state index < -0.39 is 0 Å². The predicted octanol–water partition coefficient (Wildman–Crippen LogP) is 2.65. The van der Waals surface area contributed by atoms with Crippen molar-refractivity contribution < 1.29 is 0 Å². The number of nitrogens with zero attached hydrogens (tertiary/aromatic N) is 2. The molecule has 0 unspecified atom stereocenters. The molecule has 2 rings (SSSR count). The highest BCUT2D eigenvalue weighted by Gasteiger charge is 1.92. The molecule has 0 aliphatic carbocycles. The van der Waals surface area contributed by atoms with Gasteiger partial charge in [-0.3, -0.25) is 0 Å². The number of halogens is 1. The van der Waals surface area contributed by atoms with Crippen LogP contribution in [0.15, 0.2) is 43.0 Å². The number of hydrogen-bond acceptors (Lipinski definition) is 2. The fraction of sp³-hybridized carbons (Fsp3) is 0.182. The maximum absolute atomic E-state index is 5.79. The smallest absolute Gasteiger partial charge is 0.0946 e. The van der Waals surface area contributed by atoms with E-state index >= 15 is 0 Å². The van der Waals surface area contributed by atoms with Crippen LogP contribution in [-0.4, -0.2) is 16.1 Å². The maximum atomic E-state index is 5.79. The molecule has 1 aromatic carbocycles. The Bertz CT molecular complexity index is 394. The zero-order valence-corrected chi connectivity index (χ0v) is 8.98. The van der Waals surface area contributed by atoms with Crippen LogP contribution in [0, 0.1) is 0 Å². The van der Waals surface area contributed by atoms with Gasteiger partial charge in [-0.25, -0.2) is 4.98 Å². The van der Waals surface area contributed by atoms with Crippen LogP contribution in [0.3, 0.4) is 0 Å². The third-order valence-electron chi connectivity index (χ3n) is 2.10. The number of hydrogen-bond donors (Lipinski definition) is 1. The molecule has 3 nitrogen and oxygen atoms in total. The maximum Gasteiger partial charge on any atom is 0.0946 e. The van der Waals surface area contributed by atoms with E-state index in [0.717, 1.165) is 23.8 Å². The lowest BCUT2D eigenvalue weighted by molar-refractivity contribution is 0.727. The van der Waals surface area contributed by atoms with E-state index in [9.17, 15) is 0 Å². The molecule has 1 N–H and O–H groups in total. The summed E-state index contributed by atoms with van der Waals surface area (Å²) in [6, 6.07) is 7.69. The van der Waals surface area contributed by atoms with Crippen LogP contribution in [0.2, 0.25) is 5.02 Å². The van der Waals surface area contributed by atoms with Gasteiger partial charge in [0.1, 0.15) is 0 Å². The van der Waals surface area contributed by atoms with E-state index in [1.807, 2.05) is 41.4 Å². The Morgan fingerprint density at radius 1 is 1.27 bits per heavy atom. The standard InChI is InChI=1S/C11H12ClN3/c12-10-1-3-11(4-2-10)14-6-8-15-7-5-13-9-15/h1-5,7,9,14H,6,8H2. The van der Waals surface area contributed by atoms with Gasteiger partial charge in [-0.05, 0) is 24.3 Å². The van der Waals surface area contributed by atoms with Crippen LogP contribution in [0.1, 0.15) is 0 Å². The second-order valence-electron chi connectivity index (χ2n) is 3.23. The molecule has 1 heterocycles. The molecule has 0 bridgehead atoms. The fourth-order valence-corrected chi connectivity index (χ4v) is 1.44. The van der Waals surface area contributed by atoms with Gasteiger partial charge in [0.05, 0.1) is 6.33 Å². The summed E-state index contributed by atoms with van der Waals surface area (Å²) in [6.07, 6.45) is 5.54. The zero-order chi connectivity index (χ0) is 10.5. The van der Waals surface area contributed by atoms with E-state index in [2.05, 4.69) is 10.3 Å². The second-order valence-corrected chi connectivity index (χ2v) is 3.67. The molecule has 0 saturated heterocycles. The molecule has 0 saturated carbocycles. The molecule has 78 valence electrons. The summed E-state index contributed by atoms with van der Waals surface area (Å²) >= 11 is 5.79. The number of rotatable bonds is 4. The number of anilines is 1. The third kappa shape index (κ3) is 2.99. The van der Waals surface area contributed by atoms with E-state index in [4.69, 9.17) is 11.6 Å². The normalized spacial score (nSPS) is 10.2. The summed E-state index contributed by atoms with van der Waals surface area (Å²) in [5.41, 5.74) is 1.08. The van der Waals surface area contributed by atoms with Crippen LogP contribution < -0.4 is 5.32 Å². The van der Waals surface area contributed by atoms with Crippen molar-refractivity contribution in [1.82, 2.24) is 9.55 Å². The Morgan fingerprint density at radius 3 is 2.73 bits per heavy atom. The number of aromatic nitrogens is 2. The van der Waals surface area contributed by atoms with Crippen LogP contribution in [0.25, 0.3) is 0 Å². The number of benzene rings is 1. The van der Waals surface area contributed by atoms with Gasteiger partial charge >= 0.3 is 0 Å². The average molecular weight is 222 g/mol. The Kier molecular flexibility index (Phi) is 3.25. The summed E-state index contributed by atoms with van der Waals surface area (Å²) in [6.45, 7) is 1.78. The molecule has 0 atom stereocenters. The van der Waals surface area contributed by atoms with Gasteiger partial charge in [0, 0.05) is 36.2 Å². The highest BCUT2D eigenvalue weighted by atomic mass is 35.5. The van der Waals surface area contributed by atoms with Crippen molar-refractivity contribution in [3.05, 3.63) is 48.0 Å². The molecule has 0 radical (unpaired) electrons. The summed E-state index contributed by atoms with van der Waals surface area (Å²) in [5.74, 6) is 0. The van der Waals surface area contributed by atoms with Crippen molar-refractivity contribution in [2.45, 2.75) is 6.54 Å². The highest BCUT2D eigenvalue weighted by Crippen LogP contribution is 2.12. The molecule has 0 aliphatic rings. The molecule has 0 amide bonds. The molecule has 15 heavy (non-hydrogen) atoms. The fourth-order valence-electron chi connectivity index (χ4n) is 1.32. The molecule has 4 heteroatoms. The Morgan fingerprint density at radius 2 is 2.07 bits per heavy atom. The van der Waals surface area contributed by atoms with Crippen LogP contribution in [0.5, 0.6) is 0 Å². The molecule has 0 aliphatic heterocycles. The Labute approximate surface area is 93.7 Å². The third-order valence-corrected chi connectivity index (χ3v) is 2.35. The Balaban J connectivity index is 1.81. The monoisotopic (exact) mass is 221 g/mol. The molecule has 0 spiro atoms. The summed E-state index contributed by atoms with van der Waals surface area (Å²) in [4.78, 5) is 3.98. The van der Waals surface area contributed by atoms with Crippen molar-refractivity contribution in [1.29, 1.82) is 0 Å². The van der Waals surface area contributed by atoms with Gasteiger partial charge < -0.3 is 9.88 Å². The van der Waals surface area contributed by atoms with Gasteiger partial charge in [-0.15, -0.1) is 0 Å². The van der Waals surface area contributed by atoms with Crippen molar-refractivity contribution in [2.75, 3.05) is 11.9 Å². The van der Waals surface area contributed by atoms with Gasteiger partial charge in [-0.1, -0.05) is 11.6 Å². The van der Waals surface area contributed by atoms with Gasteiger partial charge in [-0.2, -0.15) is 0 Å². The number of imidazole rings is 1. The number of nitrogens with one attached hydrogen (secondary N) is 1. The van der Waals surface area contributed by atoms with Gasteiger partial charge in [0.15, 0.2) is 0 Å². The van der Waals surface area contributed by atoms with Crippen molar-refractivity contribution in [3.8, 4) is 0 Å². The SMILES string of the molecule is Clc1ccc(NCCn2ccnc2)cc1. The van der Waals surface area contributed by atoms with Gasteiger partial charge in [0.2, 0.25) is 0 Å². The quantitative estimate of drug-likeness (QED) is 0.860. The predicted molar refractivity (Wildman–Crippen MR) is 62.2 cm³/mol. The van der Waals surface area contributed by atoms with Crippen LogP contribution in [-0.2, 0) is 6.54 Å². The molecular weight excluding hydrogens is 210 g/mol. The minimum absolute atomic E-state index is 0.759. The lowest BCUT2D eigenvalue weighted by Gasteiger charge is -2.06. The first kappa shape index (κ1) is 10.1. The first-order valence-electron chi connectivity index (χ1n) is 4.80. The lowest BCUT2D eigenvalue weighted by atomic mass is 10.3. The van der Waals surface area contributed by atoms with Crippen LogP contribution >= 0.6 is 11.6 Å². The minimum atomic E-state index is 0.759. The summed E-state index contributed by atoms with van der Waals surface area (Å²) < 4.78 is 2.03. The van der Waals surface area contributed by atoms with E-state index in [0.29, 0.717) is 0 Å². The molecule has 2 aromatic rings.